The van der Waals surface area contributed by atoms with Crippen LogP contribution in [0.15, 0.2) is 58.5 Å². The van der Waals surface area contributed by atoms with Gasteiger partial charge in [0.1, 0.15) is 4.87 Å². The number of hydrazone groups is 1. The second-order valence-electron chi connectivity index (χ2n) is 7.00. The van der Waals surface area contributed by atoms with E-state index in [1.807, 2.05) is 13.8 Å². The number of carbonyl (C=O) groups is 2. The maximum Gasteiger partial charge on any atom is 0.261 e. The highest BCUT2D eigenvalue weighted by Gasteiger charge is 2.43. The number of nitrogens with zero attached hydrogens (tertiary/aromatic N) is 2. The molecule has 1 atom stereocenters. The Labute approximate surface area is 179 Å². The van der Waals surface area contributed by atoms with Crippen LogP contribution >= 0.6 is 11.8 Å². The predicted molar refractivity (Wildman–Crippen MR) is 117 cm³/mol. The van der Waals surface area contributed by atoms with Crippen molar-refractivity contribution >= 4 is 44.5 Å². The number of amidine groups is 1. The lowest BCUT2D eigenvalue weighted by atomic mass is 10.1. The van der Waals surface area contributed by atoms with Gasteiger partial charge in [-0.25, -0.2) is 13.4 Å². The summed E-state index contributed by atoms with van der Waals surface area (Å²) in [5.41, 5.74) is 2.09. The third kappa shape index (κ3) is 4.49. The number of amides is 2. The fourth-order valence-corrected chi connectivity index (χ4v) is 5.23. The van der Waals surface area contributed by atoms with Gasteiger partial charge in [0.15, 0.2) is 5.17 Å². The van der Waals surface area contributed by atoms with E-state index in [0.29, 0.717) is 10.9 Å². The standard InChI is InChI=1S/C20H22N4O4S2/c1-13-5-11-18(12-6-13)30(27,28)23-17-9-7-16(8-10-17)20(4)24(15(3)26)22-19(29-20)21-14(2)25/h5-12,23H,1-4H3,(H,21,22,25)/t20-/m0/s1. The number of anilines is 1. The monoisotopic (exact) mass is 446 g/mol. The maximum atomic E-state index is 12.6. The summed E-state index contributed by atoms with van der Waals surface area (Å²) in [5, 5.41) is 8.43. The first kappa shape index (κ1) is 21.8. The summed E-state index contributed by atoms with van der Waals surface area (Å²) >= 11 is 1.23. The van der Waals surface area contributed by atoms with Crippen LogP contribution in [0.2, 0.25) is 0 Å². The maximum absolute atomic E-state index is 12.6. The molecule has 2 aromatic rings. The summed E-state index contributed by atoms with van der Waals surface area (Å²) < 4.78 is 27.7. The van der Waals surface area contributed by atoms with Crippen LogP contribution in [-0.2, 0) is 24.5 Å². The number of aryl methyl sites for hydroxylation is 1. The first-order chi connectivity index (χ1) is 14.0. The van der Waals surface area contributed by atoms with Gasteiger partial charge in [0.05, 0.1) is 4.90 Å². The molecule has 30 heavy (non-hydrogen) atoms. The van der Waals surface area contributed by atoms with Gasteiger partial charge in [0, 0.05) is 19.5 Å². The van der Waals surface area contributed by atoms with Crippen molar-refractivity contribution in [1.29, 1.82) is 0 Å². The van der Waals surface area contributed by atoms with Gasteiger partial charge in [0.2, 0.25) is 11.8 Å². The summed E-state index contributed by atoms with van der Waals surface area (Å²) in [6.45, 7) is 6.45. The van der Waals surface area contributed by atoms with Crippen molar-refractivity contribution < 1.29 is 18.0 Å². The van der Waals surface area contributed by atoms with E-state index in [0.717, 1.165) is 11.1 Å². The van der Waals surface area contributed by atoms with E-state index >= 15 is 0 Å². The van der Waals surface area contributed by atoms with Gasteiger partial charge >= 0.3 is 0 Å². The SMILES string of the molecule is CC(=O)NC1=NN(C(C)=O)[C@](C)(c2ccc(NS(=O)(=O)c3ccc(C)cc3)cc2)S1. The Hall–Kier alpha value is -2.85. The second kappa shape index (κ2) is 8.11. The van der Waals surface area contributed by atoms with Crippen molar-refractivity contribution in [3.8, 4) is 0 Å². The topological polar surface area (TPSA) is 108 Å². The fraction of sp³-hybridized carbons (Fsp3) is 0.250. The highest BCUT2D eigenvalue weighted by Crippen LogP contribution is 2.45. The van der Waals surface area contributed by atoms with Crippen molar-refractivity contribution in [1.82, 2.24) is 10.3 Å². The Balaban J connectivity index is 1.83. The van der Waals surface area contributed by atoms with Crippen LogP contribution in [0.4, 0.5) is 5.69 Å². The predicted octanol–water partition coefficient (Wildman–Crippen LogP) is 2.97. The molecule has 1 aliphatic rings. The van der Waals surface area contributed by atoms with E-state index in [-0.39, 0.29) is 16.7 Å². The molecule has 0 radical (unpaired) electrons. The molecule has 0 aromatic heterocycles. The number of hydrogen-bond donors (Lipinski definition) is 2. The Morgan fingerprint density at radius 3 is 2.17 bits per heavy atom. The molecule has 1 heterocycles. The lowest BCUT2D eigenvalue weighted by Gasteiger charge is -2.31. The van der Waals surface area contributed by atoms with Crippen LogP contribution in [0.25, 0.3) is 0 Å². The Morgan fingerprint density at radius 1 is 1.03 bits per heavy atom. The van der Waals surface area contributed by atoms with Crippen LogP contribution in [0.1, 0.15) is 31.9 Å². The van der Waals surface area contributed by atoms with Crippen molar-refractivity contribution in [3.05, 3.63) is 59.7 Å². The molecule has 2 aromatic carbocycles. The number of carbonyl (C=O) groups excluding carboxylic acids is 2. The Bertz CT molecular complexity index is 1110. The first-order valence-electron chi connectivity index (χ1n) is 9.07. The molecule has 3 rings (SSSR count). The molecular weight excluding hydrogens is 424 g/mol. The molecule has 0 bridgehead atoms. The minimum atomic E-state index is -3.71. The summed E-state index contributed by atoms with van der Waals surface area (Å²) in [4.78, 5) is 22.8. The molecule has 0 spiro atoms. The molecule has 8 nitrogen and oxygen atoms in total. The quantitative estimate of drug-likeness (QED) is 0.751. The zero-order valence-corrected chi connectivity index (χ0v) is 18.6. The molecule has 0 fully saturated rings. The second-order valence-corrected chi connectivity index (χ2v) is 10.1. The van der Waals surface area contributed by atoms with Crippen LogP contribution in [0.3, 0.4) is 0 Å². The summed E-state index contributed by atoms with van der Waals surface area (Å²) in [7, 11) is -3.71. The van der Waals surface area contributed by atoms with Crippen molar-refractivity contribution in [2.24, 2.45) is 5.10 Å². The third-order valence-electron chi connectivity index (χ3n) is 4.48. The number of sulfonamides is 1. The van der Waals surface area contributed by atoms with Gasteiger partial charge < -0.3 is 5.32 Å². The zero-order valence-electron chi connectivity index (χ0n) is 17.0. The fourth-order valence-electron chi connectivity index (χ4n) is 2.97. The van der Waals surface area contributed by atoms with Crippen molar-refractivity contribution in [3.63, 3.8) is 0 Å². The summed E-state index contributed by atoms with van der Waals surface area (Å²) in [6.07, 6.45) is 0. The van der Waals surface area contributed by atoms with E-state index < -0.39 is 14.9 Å². The smallest absolute Gasteiger partial charge is 0.261 e. The van der Waals surface area contributed by atoms with E-state index in [1.165, 1.54) is 30.6 Å². The number of nitrogens with one attached hydrogen (secondary N) is 2. The molecule has 2 amide bonds. The van der Waals surface area contributed by atoms with Crippen molar-refractivity contribution in [2.45, 2.75) is 37.5 Å². The van der Waals surface area contributed by atoms with Crippen LogP contribution in [0, 0.1) is 6.92 Å². The van der Waals surface area contributed by atoms with Gasteiger partial charge in [-0.3, -0.25) is 14.3 Å². The molecule has 0 aliphatic carbocycles. The molecule has 10 heteroatoms. The van der Waals surface area contributed by atoms with E-state index in [2.05, 4.69) is 15.1 Å². The third-order valence-corrected chi connectivity index (χ3v) is 7.06. The van der Waals surface area contributed by atoms with E-state index in [1.54, 1.807) is 48.5 Å². The average molecular weight is 447 g/mol. The van der Waals surface area contributed by atoms with E-state index in [4.69, 9.17) is 0 Å². The molecule has 2 N–H and O–H groups in total. The van der Waals surface area contributed by atoms with Crippen LogP contribution < -0.4 is 10.0 Å². The number of benzene rings is 2. The highest BCUT2D eigenvalue weighted by atomic mass is 32.2. The number of thioether (sulfide) groups is 1. The molecule has 1 aliphatic heterocycles. The largest absolute Gasteiger partial charge is 0.304 e. The summed E-state index contributed by atoms with van der Waals surface area (Å²) in [6, 6.07) is 13.3. The highest BCUT2D eigenvalue weighted by molar-refractivity contribution is 8.14. The molecule has 0 unspecified atom stereocenters. The van der Waals surface area contributed by atoms with Gasteiger partial charge in [-0.05, 0) is 43.7 Å². The van der Waals surface area contributed by atoms with E-state index in [9.17, 15) is 18.0 Å². The number of hydrogen-bond acceptors (Lipinski definition) is 6. The summed E-state index contributed by atoms with van der Waals surface area (Å²) in [5.74, 6) is -0.565. The minimum Gasteiger partial charge on any atom is -0.304 e. The van der Waals surface area contributed by atoms with Gasteiger partial charge in [-0.1, -0.05) is 41.6 Å². The molecule has 0 saturated heterocycles. The van der Waals surface area contributed by atoms with Gasteiger partial charge in [-0.15, -0.1) is 5.10 Å². The zero-order chi connectivity index (χ0) is 22.1. The normalized spacial score (nSPS) is 18.7. The van der Waals surface area contributed by atoms with Gasteiger partial charge in [0.25, 0.3) is 10.0 Å². The average Bonchev–Trinajstić information content (AvgIpc) is 2.99. The molecule has 158 valence electrons. The number of rotatable bonds is 4. The molecular formula is C20H22N4O4S2. The van der Waals surface area contributed by atoms with Crippen molar-refractivity contribution in [2.75, 3.05) is 4.72 Å². The minimum absolute atomic E-state index is 0.173. The van der Waals surface area contributed by atoms with Crippen LogP contribution in [-0.4, -0.2) is 30.4 Å². The van der Waals surface area contributed by atoms with Gasteiger partial charge in [-0.2, -0.15) is 0 Å². The lowest BCUT2D eigenvalue weighted by Crippen LogP contribution is -2.37. The Morgan fingerprint density at radius 2 is 1.63 bits per heavy atom. The first-order valence-corrected chi connectivity index (χ1v) is 11.4. The Kier molecular flexibility index (Phi) is 5.91. The lowest BCUT2D eigenvalue weighted by molar-refractivity contribution is -0.131. The molecule has 0 saturated carbocycles. The van der Waals surface area contributed by atoms with Crippen LogP contribution in [0.5, 0.6) is 0 Å².